The lowest BCUT2D eigenvalue weighted by atomic mass is 10.0. The van der Waals surface area contributed by atoms with Crippen molar-refractivity contribution < 1.29 is 5.21 Å². The lowest BCUT2D eigenvalue weighted by Crippen LogP contribution is -1.96. The number of hydrogen-bond acceptors (Lipinski definition) is 2. The summed E-state index contributed by atoms with van der Waals surface area (Å²) in [7, 11) is 0. The van der Waals surface area contributed by atoms with Crippen molar-refractivity contribution in [2.24, 2.45) is 5.16 Å². The summed E-state index contributed by atoms with van der Waals surface area (Å²) in [6.45, 7) is 0. The summed E-state index contributed by atoms with van der Waals surface area (Å²) in [6.07, 6.45) is 5.65. The Balaban J connectivity index is 2.18. The predicted octanol–water partition coefficient (Wildman–Crippen LogP) is 2.30. The van der Waals surface area contributed by atoms with Crippen LogP contribution in [0.25, 0.3) is 0 Å². The average Bonchev–Trinajstić information content (AvgIpc) is 2.78. The second-order valence-corrected chi connectivity index (χ2v) is 4.18. The van der Waals surface area contributed by atoms with Crippen molar-refractivity contribution >= 4 is 5.71 Å². The van der Waals surface area contributed by atoms with Gasteiger partial charge in [0, 0.05) is 5.56 Å². The van der Waals surface area contributed by atoms with Crippen molar-refractivity contribution in [2.45, 2.75) is 32.1 Å². The molecule has 0 amide bonds. The highest BCUT2D eigenvalue weighted by atomic mass is 16.4. The van der Waals surface area contributed by atoms with E-state index in [-0.39, 0.29) is 0 Å². The molecule has 72 valence electrons. The highest BCUT2D eigenvalue weighted by Gasteiger charge is 2.22. The fraction of sp³-hybridized carbons (Fsp3) is 0.417. The van der Waals surface area contributed by atoms with Crippen LogP contribution >= 0.6 is 0 Å². The fourth-order valence-electron chi connectivity index (χ4n) is 2.64. The Morgan fingerprint density at radius 1 is 0.929 bits per heavy atom. The summed E-state index contributed by atoms with van der Waals surface area (Å²) in [5.74, 6) is 0. The Hall–Kier alpha value is -1.31. The second kappa shape index (κ2) is 2.84. The maximum Gasteiger partial charge on any atom is 0.0873 e. The summed E-state index contributed by atoms with van der Waals surface area (Å²) in [5, 5.41) is 12.2. The molecular weight excluding hydrogens is 174 g/mol. The first kappa shape index (κ1) is 8.04. The smallest absolute Gasteiger partial charge is 0.0873 e. The van der Waals surface area contributed by atoms with E-state index < -0.39 is 0 Å². The van der Waals surface area contributed by atoms with Crippen molar-refractivity contribution in [2.75, 3.05) is 0 Å². The molecule has 2 aliphatic rings. The zero-order valence-electron chi connectivity index (χ0n) is 8.08. The molecule has 0 aromatic heterocycles. The van der Waals surface area contributed by atoms with Gasteiger partial charge in [0.15, 0.2) is 0 Å². The number of fused-ring (bicyclic) bond motifs is 2. The molecule has 0 atom stereocenters. The molecule has 1 aromatic carbocycles. The number of aryl methyl sites for hydroxylation is 3. The second-order valence-electron chi connectivity index (χ2n) is 4.18. The molecule has 0 saturated heterocycles. The van der Waals surface area contributed by atoms with Gasteiger partial charge in [-0.15, -0.1) is 0 Å². The van der Waals surface area contributed by atoms with E-state index in [1.54, 1.807) is 0 Å². The topological polar surface area (TPSA) is 32.6 Å². The first-order chi connectivity index (χ1) is 6.88. The van der Waals surface area contributed by atoms with Gasteiger partial charge in [0.2, 0.25) is 0 Å². The molecule has 0 aliphatic heterocycles. The molecule has 2 nitrogen and oxygen atoms in total. The Labute approximate surface area is 83.3 Å². The van der Waals surface area contributed by atoms with Crippen LogP contribution in [-0.2, 0) is 19.3 Å². The predicted molar refractivity (Wildman–Crippen MR) is 55.1 cm³/mol. The van der Waals surface area contributed by atoms with Crippen molar-refractivity contribution in [3.8, 4) is 0 Å². The summed E-state index contributed by atoms with van der Waals surface area (Å²) >= 11 is 0. The van der Waals surface area contributed by atoms with E-state index in [9.17, 15) is 0 Å². The molecular formula is C12H13NO. The summed E-state index contributed by atoms with van der Waals surface area (Å²) in [6, 6.07) is 4.55. The Morgan fingerprint density at radius 2 is 1.71 bits per heavy atom. The van der Waals surface area contributed by atoms with Crippen molar-refractivity contribution in [1.29, 1.82) is 0 Å². The molecule has 3 rings (SSSR count). The Bertz CT molecular complexity index is 421. The van der Waals surface area contributed by atoms with Crippen LogP contribution in [0.2, 0.25) is 0 Å². The minimum atomic E-state index is 0.870. The van der Waals surface area contributed by atoms with Gasteiger partial charge in [-0.1, -0.05) is 11.2 Å². The first-order valence-electron chi connectivity index (χ1n) is 5.24. The summed E-state index contributed by atoms with van der Waals surface area (Å²) in [5.41, 5.74) is 6.41. The largest absolute Gasteiger partial charge is 0.411 e. The fourth-order valence-corrected chi connectivity index (χ4v) is 2.64. The van der Waals surface area contributed by atoms with Crippen LogP contribution < -0.4 is 0 Å². The monoisotopic (exact) mass is 187 g/mol. The molecule has 0 radical (unpaired) electrons. The third kappa shape index (κ3) is 0.999. The molecule has 0 fully saturated rings. The molecule has 0 heterocycles. The highest BCUT2D eigenvalue weighted by molar-refractivity contribution is 6.04. The van der Waals surface area contributed by atoms with Crippen LogP contribution in [0.1, 0.15) is 35.1 Å². The van der Waals surface area contributed by atoms with Crippen molar-refractivity contribution in [3.63, 3.8) is 0 Å². The van der Waals surface area contributed by atoms with E-state index in [2.05, 4.69) is 17.3 Å². The van der Waals surface area contributed by atoms with E-state index in [0.29, 0.717) is 0 Å². The highest BCUT2D eigenvalue weighted by Crippen LogP contribution is 2.30. The van der Waals surface area contributed by atoms with E-state index in [0.717, 1.165) is 18.6 Å². The lowest BCUT2D eigenvalue weighted by molar-refractivity contribution is 0.318. The first-order valence-corrected chi connectivity index (χ1v) is 5.24. The zero-order chi connectivity index (χ0) is 9.54. The number of rotatable bonds is 0. The van der Waals surface area contributed by atoms with Gasteiger partial charge in [-0.05, 0) is 54.9 Å². The number of nitrogens with zero attached hydrogens (tertiary/aromatic N) is 1. The van der Waals surface area contributed by atoms with Gasteiger partial charge >= 0.3 is 0 Å². The zero-order valence-corrected chi connectivity index (χ0v) is 8.08. The molecule has 0 bridgehead atoms. The van der Waals surface area contributed by atoms with Gasteiger partial charge in [0.1, 0.15) is 0 Å². The third-order valence-corrected chi connectivity index (χ3v) is 3.38. The summed E-state index contributed by atoms with van der Waals surface area (Å²) in [4.78, 5) is 0. The van der Waals surface area contributed by atoms with Crippen LogP contribution in [0.5, 0.6) is 0 Å². The van der Waals surface area contributed by atoms with Crippen LogP contribution in [0.15, 0.2) is 17.3 Å². The lowest BCUT2D eigenvalue weighted by Gasteiger charge is -2.04. The van der Waals surface area contributed by atoms with E-state index in [4.69, 9.17) is 5.21 Å². The van der Waals surface area contributed by atoms with Gasteiger partial charge in [-0.25, -0.2) is 0 Å². The molecule has 0 saturated carbocycles. The van der Waals surface area contributed by atoms with Gasteiger partial charge in [0.25, 0.3) is 0 Å². The SMILES string of the molecule is O/N=C1\CCc2cc3c(cc21)CCC3. The van der Waals surface area contributed by atoms with E-state index >= 15 is 0 Å². The van der Waals surface area contributed by atoms with Gasteiger partial charge in [-0.2, -0.15) is 0 Å². The maximum atomic E-state index is 8.85. The van der Waals surface area contributed by atoms with Gasteiger partial charge in [-0.3, -0.25) is 0 Å². The number of oxime groups is 1. The molecule has 1 aromatic rings. The van der Waals surface area contributed by atoms with Crippen molar-refractivity contribution in [3.05, 3.63) is 34.4 Å². The molecule has 0 unspecified atom stereocenters. The average molecular weight is 187 g/mol. The van der Waals surface area contributed by atoms with E-state index in [1.165, 1.54) is 41.5 Å². The molecule has 2 heteroatoms. The van der Waals surface area contributed by atoms with Crippen LogP contribution in [0.3, 0.4) is 0 Å². The standard InChI is InChI=1S/C12H13NO/c14-13-12-5-4-10-6-8-2-1-3-9(8)7-11(10)12/h6-7,14H,1-5H2/b13-12+. The van der Waals surface area contributed by atoms with Crippen LogP contribution in [0.4, 0.5) is 0 Å². The Kier molecular flexibility index (Phi) is 1.63. The normalized spacial score (nSPS) is 21.3. The molecule has 0 spiro atoms. The summed E-state index contributed by atoms with van der Waals surface area (Å²) < 4.78 is 0. The van der Waals surface area contributed by atoms with Crippen LogP contribution in [0, 0.1) is 0 Å². The maximum absolute atomic E-state index is 8.85. The van der Waals surface area contributed by atoms with Gasteiger partial charge < -0.3 is 5.21 Å². The van der Waals surface area contributed by atoms with Crippen molar-refractivity contribution in [1.82, 2.24) is 0 Å². The molecule has 14 heavy (non-hydrogen) atoms. The minimum Gasteiger partial charge on any atom is -0.411 e. The minimum absolute atomic E-state index is 0.870. The quantitative estimate of drug-likeness (QED) is 0.490. The number of benzene rings is 1. The molecule has 2 aliphatic carbocycles. The Morgan fingerprint density at radius 3 is 2.50 bits per heavy atom. The van der Waals surface area contributed by atoms with Gasteiger partial charge in [0.05, 0.1) is 5.71 Å². The number of hydrogen-bond donors (Lipinski definition) is 1. The van der Waals surface area contributed by atoms with Crippen LogP contribution in [-0.4, -0.2) is 10.9 Å². The van der Waals surface area contributed by atoms with E-state index in [1.807, 2.05) is 0 Å². The third-order valence-electron chi connectivity index (χ3n) is 3.38. The molecule has 1 N–H and O–H groups in total.